The fourth-order valence-electron chi connectivity index (χ4n) is 3.94. The summed E-state index contributed by atoms with van der Waals surface area (Å²) in [6.07, 6.45) is 8.49. The standard InChI is InChI=1S/C15H27NO2S/c17-11-14(4-1-2-5-14)10-16-13-3-7-18-15(9-13)6-8-19-12-15/h13,16-17H,1-12H2. The van der Waals surface area contributed by atoms with E-state index in [1.54, 1.807) is 0 Å². The average Bonchev–Trinajstić information content (AvgIpc) is 3.07. The average molecular weight is 285 g/mol. The number of hydrogen-bond acceptors (Lipinski definition) is 4. The van der Waals surface area contributed by atoms with Crippen molar-refractivity contribution < 1.29 is 9.84 Å². The number of nitrogens with one attached hydrogen (secondary N) is 1. The van der Waals surface area contributed by atoms with E-state index in [9.17, 15) is 5.11 Å². The van der Waals surface area contributed by atoms with Crippen molar-refractivity contribution in [3.8, 4) is 0 Å². The van der Waals surface area contributed by atoms with Gasteiger partial charge in [0.25, 0.3) is 0 Å². The highest BCUT2D eigenvalue weighted by atomic mass is 32.2. The molecule has 19 heavy (non-hydrogen) atoms. The van der Waals surface area contributed by atoms with Crippen LogP contribution in [0.4, 0.5) is 0 Å². The van der Waals surface area contributed by atoms with E-state index < -0.39 is 0 Å². The van der Waals surface area contributed by atoms with E-state index in [4.69, 9.17) is 4.74 Å². The van der Waals surface area contributed by atoms with Gasteiger partial charge >= 0.3 is 0 Å². The minimum Gasteiger partial charge on any atom is -0.396 e. The minimum absolute atomic E-state index is 0.169. The van der Waals surface area contributed by atoms with Gasteiger partial charge < -0.3 is 15.2 Å². The summed E-state index contributed by atoms with van der Waals surface area (Å²) in [6, 6.07) is 0.594. The topological polar surface area (TPSA) is 41.5 Å². The van der Waals surface area contributed by atoms with E-state index in [1.807, 2.05) is 11.8 Å². The summed E-state index contributed by atoms with van der Waals surface area (Å²) < 4.78 is 6.07. The van der Waals surface area contributed by atoms with Crippen LogP contribution in [0.5, 0.6) is 0 Å². The van der Waals surface area contributed by atoms with Crippen molar-refractivity contribution in [2.24, 2.45) is 5.41 Å². The molecule has 1 aliphatic carbocycles. The fourth-order valence-corrected chi connectivity index (χ4v) is 5.32. The van der Waals surface area contributed by atoms with Crippen LogP contribution in [-0.4, -0.2) is 48.0 Å². The first-order valence-electron chi connectivity index (χ1n) is 7.82. The first-order chi connectivity index (χ1) is 9.26. The summed E-state index contributed by atoms with van der Waals surface area (Å²) in [5.74, 6) is 2.43. The quantitative estimate of drug-likeness (QED) is 0.831. The molecule has 3 nitrogen and oxygen atoms in total. The lowest BCUT2D eigenvalue weighted by Gasteiger charge is -2.39. The summed E-state index contributed by atoms with van der Waals surface area (Å²) in [7, 11) is 0. The SMILES string of the molecule is OCC1(CNC2CCOC3(CCSC3)C2)CCCC1. The maximum atomic E-state index is 9.68. The Balaban J connectivity index is 1.52. The van der Waals surface area contributed by atoms with Crippen LogP contribution in [0, 0.1) is 5.41 Å². The van der Waals surface area contributed by atoms with Gasteiger partial charge in [0.1, 0.15) is 0 Å². The molecule has 2 atom stereocenters. The summed E-state index contributed by atoms with van der Waals surface area (Å²) in [5, 5.41) is 13.4. The minimum atomic E-state index is 0.169. The maximum absolute atomic E-state index is 9.68. The van der Waals surface area contributed by atoms with E-state index in [2.05, 4.69) is 5.32 Å². The normalized spacial score (nSPS) is 38.1. The summed E-state index contributed by atoms with van der Waals surface area (Å²) in [6.45, 7) is 2.26. The van der Waals surface area contributed by atoms with Gasteiger partial charge in [-0.15, -0.1) is 0 Å². The first-order valence-corrected chi connectivity index (χ1v) is 8.97. The molecule has 2 unspecified atom stereocenters. The third kappa shape index (κ3) is 3.12. The van der Waals surface area contributed by atoms with Crippen LogP contribution in [0.1, 0.15) is 44.9 Å². The molecule has 0 radical (unpaired) electrons. The summed E-state index contributed by atoms with van der Waals surface area (Å²) in [5.41, 5.74) is 0.346. The Hall–Kier alpha value is 0.230. The molecular formula is C15H27NO2S. The molecule has 3 rings (SSSR count). The van der Waals surface area contributed by atoms with Crippen molar-refractivity contribution >= 4 is 11.8 Å². The lowest BCUT2D eigenvalue weighted by Crippen LogP contribution is -2.49. The van der Waals surface area contributed by atoms with Crippen LogP contribution in [0.15, 0.2) is 0 Å². The summed E-state index contributed by atoms with van der Waals surface area (Å²) >= 11 is 2.04. The lowest BCUT2D eigenvalue weighted by atomic mass is 9.85. The third-order valence-corrected chi connectivity index (χ3v) is 6.55. The first kappa shape index (κ1) is 14.2. The lowest BCUT2D eigenvalue weighted by molar-refractivity contribution is -0.0715. The molecule has 0 amide bonds. The highest BCUT2D eigenvalue weighted by molar-refractivity contribution is 7.99. The van der Waals surface area contributed by atoms with Gasteiger partial charge in [-0.25, -0.2) is 0 Å². The molecule has 3 fully saturated rings. The van der Waals surface area contributed by atoms with Gasteiger partial charge in [0, 0.05) is 37.0 Å². The smallest absolute Gasteiger partial charge is 0.0795 e. The number of thioether (sulfide) groups is 1. The van der Waals surface area contributed by atoms with Gasteiger partial charge in [0.2, 0.25) is 0 Å². The van der Waals surface area contributed by atoms with Crippen LogP contribution in [0.25, 0.3) is 0 Å². The molecule has 2 saturated heterocycles. The van der Waals surface area contributed by atoms with E-state index in [0.717, 1.165) is 19.6 Å². The molecule has 4 heteroatoms. The number of aliphatic hydroxyl groups is 1. The zero-order chi connectivity index (χ0) is 13.2. The van der Waals surface area contributed by atoms with Crippen molar-refractivity contribution in [3.05, 3.63) is 0 Å². The summed E-state index contributed by atoms with van der Waals surface area (Å²) in [4.78, 5) is 0. The molecule has 3 aliphatic rings. The van der Waals surface area contributed by atoms with E-state index in [1.165, 1.54) is 50.0 Å². The van der Waals surface area contributed by atoms with Gasteiger partial charge in [0.05, 0.1) is 5.60 Å². The molecule has 2 heterocycles. The van der Waals surface area contributed by atoms with Crippen LogP contribution in [-0.2, 0) is 4.74 Å². The molecule has 110 valence electrons. The number of ether oxygens (including phenoxy) is 1. The molecule has 0 aromatic rings. The van der Waals surface area contributed by atoms with E-state index >= 15 is 0 Å². The van der Waals surface area contributed by atoms with Crippen LogP contribution >= 0.6 is 11.8 Å². The van der Waals surface area contributed by atoms with Crippen molar-refractivity contribution in [1.29, 1.82) is 0 Å². The Labute approximate surface area is 120 Å². The van der Waals surface area contributed by atoms with Crippen LogP contribution in [0.3, 0.4) is 0 Å². The Morgan fingerprint density at radius 1 is 1.26 bits per heavy atom. The molecule has 1 saturated carbocycles. The second-order valence-corrected chi connectivity index (χ2v) is 7.88. The van der Waals surface area contributed by atoms with Crippen molar-refractivity contribution in [2.45, 2.75) is 56.6 Å². The van der Waals surface area contributed by atoms with Crippen molar-refractivity contribution in [2.75, 3.05) is 31.3 Å². The Kier molecular flexibility index (Phi) is 4.42. The maximum Gasteiger partial charge on any atom is 0.0795 e. The highest BCUT2D eigenvalue weighted by Crippen LogP contribution is 2.40. The zero-order valence-corrected chi connectivity index (χ0v) is 12.6. The monoisotopic (exact) mass is 285 g/mol. The molecule has 0 aromatic carbocycles. The molecule has 2 aliphatic heterocycles. The number of hydrogen-bond donors (Lipinski definition) is 2. The number of aliphatic hydroxyl groups excluding tert-OH is 1. The van der Waals surface area contributed by atoms with Gasteiger partial charge in [-0.05, 0) is 37.9 Å². The molecule has 0 aromatic heterocycles. The van der Waals surface area contributed by atoms with Crippen molar-refractivity contribution in [3.63, 3.8) is 0 Å². The Bertz CT molecular complexity index is 299. The molecule has 0 bridgehead atoms. The fraction of sp³-hybridized carbons (Fsp3) is 1.00. The Morgan fingerprint density at radius 3 is 2.79 bits per heavy atom. The second kappa shape index (κ2) is 5.92. The molecule has 2 N–H and O–H groups in total. The van der Waals surface area contributed by atoms with Crippen molar-refractivity contribution in [1.82, 2.24) is 5.32 Å². The Morgan fingerprint density at radius 2 is 2.11 bits per heavy atom. The number of rotatable bonds is 4. The zero-order valence-electron chi connectivity index (χ0n) is 11.8. The van der Waals surface area contributed by atoms with Gasteiger partial charge in [-0.3, -0.25) is 0 Å². The molecular weight excluding hydrogens is 258 g/mol. The van der Waals surface area contributed by atoms with Gasteiger partial charge in [-0.1, -0.05) is 12.8 Å². The van der Waals surface area contributed by atoms with Gasteiger partial charge in [0.15, 0.2) is 0 Å². The third-order valence-electron chi connectivity index (χ3n) is 5.33. The predicted octanol–water partition coefficient (Wildman–Crippen LogP) is 2.18. The highest BCUT2D eigenvalue weighted by Gasteiger charge is 2.41. The van der Waals surface area contributed by atoms with Crippen LogP contribution < -0.4 is 5.32 Å². The van der Waals surface area contributed by atoms with Gasteiger partial charge in [-0.2, -0.15) is 11.8 Å². The largest absolute Gasteiger partial charge is 0.396 e. The van der Waals surface area contributed by atoms with Crippen LogP contribution in [0.2, 0.25) is 0 Å². The predicted molar refractivity (Wildman–Crippen MR) is 79.6 cm³/mol. The van der Waals surface area contributed by atoms with E-state index in [0.29, 0.717) is 12.6 Å². The van der Waals surface area contributed by atoms with E-state index in [-0.39, 0.29) is 11.0 Å². The second-order valence-electron chi connectivity index (χ2n) is 6.77. The molecule has 1 spiro atoms.